The standard InChI is InChI=1S/C17H23N3O/c1-3-4-9-21-17-7-5-15(6-8-17)11-18-12-16-13-19-14(2)10-20-16/h5-8,10,13,18H,3-4,9,11-12H2,1-2H3. The molecule has 0 saturated heterocycles. The summed E-state index contributed by atoms with van der Waals surface area (Å²) in [5.74, 6) is 0.941. The molecule has 0 aliphatic rings. The molecule has 0 fully saturated rings. The van der Waals surface area contributed by atoms with Crippen LogP contribution in [0.4, 0.5) is 0 Å². The van der Waals surface area contributed by atoms with E-state index in [2.05, 4.69) is 34.3 Å². The molecule has 0 atom stereocenters. The molecular formula is C17H23N3O. The number of benzene rings is 1. The number of ether oxygens (including phenoxy) is 1. The molecule has 1 aromatic heterocycles. The molecule has 0 unspecified atom stereocenters. The summed E-state index contributed by atoms with van der Waals surface area (Å²) in [7, 11) is 0. The van der Waals surface area contributed by atoms with Crippen LogP contribution in [0.5, 0.6) is 5.75 Å². The highest BCUT2D eigenvalue weighted by molar-refractivity contribution is 5.27. The predicted octanol–water partition coefficient (Wildman–Crippen LogP) is 3.25. The Bertz CT molecular complexity index is 523. The fourth-order valence-electron chi connectivity index (χ4n) is 1.88. The summed E-state index contributed by atoms with van der Waals surface area (Å²) in [6.07, 6.45) is 5.86. The van der Waals surface area contributed by atoms with Gasteiger partial charge in [-0.25, -0.2) is 0 Å². The van der Waals surface area contributed by atoms with Gasteiger partial charge in [0, 0.05) is 25.5 Å². The largest absolute Gasteiger partial charge is 0.494 e. The van der Waals surface area contributed by atoms with Gasteiger partial charge in [-0.05, 0) is 31.0 Å². The second-order valence-corrected chi connectivity index (χ2v) is 5.10. The van der Waals surface area contributed by atoms with Crippen molar-refractivity contribution in [2.24, 2.45) is 0 Å². The van der Waals surface area contributed by atoms with Crippen molar-refractivity contribution >= 4 is 0 Å². The van der Waals surface area contributed by atoms with E-state index < -0.39 is 0 Å². The third-order valence-electron chi connectivity index (χ3n) is 3.16. The Morgan fingerprint density at radius 2 is 1.86 bits per heavy atom. The van der Waals surface area contributed by atoms with E-state index in [1.807, 2.05) is 25.3 Å². The molecule has 0 saturated carbocycles. The normalized spacial score (nSPS) is 10.6. The molecule has 21 heavy (non-hydrogen) atoms. The molecular weight excluding hydrogens is 262 g/mol. The molecule has 1 aromatic carbocycles. The molecule has 0 amide bonds. The molecule has 2 rings (SSSR count). The number of aryl methyl sites for hydroxylation is 1. The van der Waals surface area contributed by atoms with Crippen molar-refractivity contribution in [1.82, 2.24) is 15.3 Å². The highest BCUT2D eigenvalue weighted by Crippen LogP contribution is 2.12. The topological polar surface area (TPSA) is 47.0 Å². The first-order valence-electron chi connectivity index (χ1n) is 7.48. The summed E-state index contributed by atoms with van der Waals surface area (Å²) < 4.78 is 5.65. The molecule has 0 aliphatic heterocycles. The van der Waals surface area contributed by atoms with Crippen LogP contribution >= 0.6 is 0 Å². The average molecular weight is 285 g/mol. The maximum atomic E-state index is 5.65. The first kappa shape index (κ1) is 15.4. The zero-order valence-electron chi connectivity index (χ0n) is 12.8. The van der Waals surface area contributed by atoms with Gasteiger partial charge in [0.15, 0.2) is 0 Å². The Balaban J connectivity index is 1.74. The van der Waals surface area contributed by atoms with Gasteiger partial charge >= 0.3 is 0 Å². The Hall–Kier alpha value is -1.94. The van der Waals surface area contributed by atoms with Crippen LogP contribution in [-0.2, 0) is 13.1 Å². The van der Waals surface area contributed by atoms with Crippen molar-refractivity contribution in [1.29, 1.82) is 0 Å². The van der Waals surface area contributed by atoms with Gasteiger partial charge in [0.25, 0.3) is 0 Å². The Labute approximate surface area is 126 Å². The second kappa shape index (κ2) is 8.37. The molecule has 0 bridgehead atoms. The van der Waals surface area contributed by atoms with E-state index >= 15 is 0 Å². The number of rotatable bonds is 8. The van der Waals surface area contributed by atoms with Crippen LogP contribution in [0.2, 0.25) is 0 Å². The third-order valence-corrected chi connectivity index (χ3v) is 3.16. The predicted molar refractivity (Wildman–Crippen MR) is 84.2 cm³/mol. The van der Waals surface area contributed by atoms with E-state index in [9.17, 15) is 0 Å². The molecule has 0 aliphatic carbocycles. The van der Waals surface area contributed by atoms with Gasteiger partial charge in [-0.2, -0.15) is 0 Å². The van der Waals surface area contributed by atoms with E-state index in [1.165, 1.54) is 5.56 Å². The van der Waals surface area contributed by atoms with Crippen LogP contribution in [0.25, 0.3) is 0 Å². The molecule has 4 heteroatoms. The van der Waals surface area contributed by atoms with Crippen LogP contribution < -0.4 is 10.1 Å². The lowest BCUT2D eigenvalue weighted by Crippen LogP contribution is -2.13. The zero-order chi connectivity index (χ0) is 14.9. The van der Waals surface area contributed by atoms with Crippen molar-refractivity contribution in [2.45, 2.75) is 39.8 Å². The van der Waals surface area contributed by atoms with Crippen LogP contribution in [-0.4, -0.2) is 16.6 Å². The monoisotopic (exact) mass is 285 g/mol. The molecule has 0 spiro atoms. The number of nitrogens with zero attached hydrogens (tertiary/aromatic N) is 2. The lowest BCUT2D eigenvalue weighted by atomic mass is 10.2. The minimum absolute atomic E-state index is 0.724. The maximum absolute atomic E-state index is 5.65. The number of hydrogen-bond donors (Lipinski definition) is 1. The summed E-state index contributed by atoms with van der Waals surface area (Å²) >= 11 is 0. The highest BCUT2D eigenvalue weighted by atomic mass is 16.5. The van der Waals surface area contributed by atoms with Gasteiger partial charge in [-0.3, -0.25) is 9.97 Å². The van der Waals surface area contributed by atoms with Crippen molar-refractivity contribution in [3.63, 3.8) is 0 Å². The first-order valence-corrected chi connectivity index (χ1v) is 7.48. The van der Waals surface area contributed by atoms with Crippen molar-refractivity contribution in [3.05, 3.63) is 53.6 Å². The molecule has 0 radical (unpaired) electrons. The summed E-state index contributed by atoms with van der Waals surface area (Å²) in [6, 6.07) is 8.24. The summed E-state index contributed by atoms with van der Waals surface area (Å²) in [6.45, 7) is 6.43. The summed E-state index contributed by atoms with van der Waals surface area (Å²) in [5.41, 5.74) is 3.13. The Kier molecular flexibility index (Phi) is 6.16. The fraction of sp³-hybridized carbons (Fsp3) is 0.412. The first-order chi connectivity index (χ1) is 10.3. The smallest absolute Gasteiger partial charge is 0.119 e. The number of aromatic nitrogens is 2. The molecule has 2 aromatic rings. The maximum Gasteiger partial charge on any atom is 0.119 e. The van der Waals surface area contributed by atoms with Crippen LogP contribution in [0, 0.1) is 6.92 Å². The minimum Gasteiger partial charge on any atom is -0.494 e. The van der Waals surface area contributed by atoms with Gasteiger partial charge < -0.3 is 10.1 Å². The SMILES string of the molecule is CCCCOc1ccc(CNCc2cnc(C)cn2)cc1. The van der Waals surface area contributed by atoms with Gasteiger partial charge in [-0.15, -0.1) is 0 Å². The summed E-state index contributed by atoms with van der Waals surface area (Å²) in [4.78, 5) is 8.55. The van der Waals surface area contributed by atoms with Gasteiger partial charge in [0.1, 0.15) is 5.75 Å². The van der Waals surface area contributed by atoms with Crippen LogP contribution in [0.1, 0.15) is 36.7 Å². The lowest BCUT2D eigenvalue weighted by Gasteiger charge is -2.07. The zero-order valence-corrected chi connectivity index (χ0v) is 12.8. The van der Waals surface area contributed by atoms with Gasteiger partial charge in [0.05, 0.1) is 18.0 Å². The quantitative estimate of drug-likeness (QED) is 0.756. The lowest BCUT2D eigenvalue weighted by molar-refractivity contribution is 0.309. The highest BCUT2D eigenvalue weighted by Gasteiger charge is 1.98. The third kappa shape index (κ3) is 5.52. The van der Waals surface area contributed by atoms with E-state index in [0.717, 1.165) is 49.7 Å². The van der Waals surface area contributed by atoms with E-state index in [4.69, 9.17) is 4.74 Å². The minimum atomic E-state index is 0.724. The molecule has 1 heterocycles. The second-order valence-electron chi connectivity index (χ2n) is 5.10. The van der Waals surface area contributed by atoms with Crippen LogP contribution in [0.3, 0.4) is 0 Å². The molecule has 1 N–H and O–H groups in total. The van der Waals surface area contributed by atoms with E-state index in [-0.39, 0.29) is 0 Å². The fourth-order valence-corrected chi connectivity index (χ4v) is 1.88. The van der Waals surface area contributed by atoms with E-state index in [1.54, 1.807) is 6.20 Å². The van der Waals surface area contributed by atoms with Crippen molar-refractivity contribution < 1.29 is 4.74 Å². The molecule has 112 valence electrons. The Morgan fingerprint density at radius 1 is 1.05 bits per heavy atom. The number of hydrogen-bond acceptors (Lipinski definition) is 4. The summed E-state index contributed by atoms with van der Waals surface area (Å²) in [5, 5.41) is 3.37. The van der Waals surface area contributed by atoms with Crippen molar-refractivity contribution in [3.8, 4) is 5.75 Å². The number of nitrogens with one attached hydrogen (secondary N) is 1. The van der Waals surface area contributed by atoms with Gasteiger partial charge in [-0.1, -0.05) is 25.5 Å². The van der Waals surface area contributed by atoms with Gasteiger partial charge in [0.2, 0.25) is 0 Å². The number of unbranched alkanes of at least 4 members (excludes halogenated alkanes) is 1. The van der Waals surface area contributed by atoms with E-state index in [0.29, 0.717) is 0 Å². The van der Waals surface area contributed by atoms with Crippen molar-refractivity contribution in [2.75, 3.05) is 6.61 Å². The molecule has 4 nitrogen and oxygen atoms in total. The average Bonchev–Trinajstić information content (AvgIpc) is 2.51. The van der Waals surface area contributed by atoms with Crippen LogP contribution in [0.15, 0.2) is 36.7 Å². The Morgan fingerprint density at radius 3 is 2.52 bits per heavy atom.